The summed E-state index contributed by atoms with van der Waals surface area (Å²) in [6.07, 6.45) is 5.10. The van der Waals surface area contributed by atoms with Crippen LogP contribution in [0.3, 0.4) is 0 Å². The molecule has 3 rings (SSSR count). The first-order valence-electron chi connectivity index (χ1n) is 9.55. The fourth-order valence-electron chi connectivity index (χ4n) is 3.04. The number of carbonyl (C=O) groups is 2. The predicted octanol–water partition coefficient (Wildman–Crippen LogP) is 1.54. The summed E-state index contributed by atoms with van der Waals surface area (Å²) in [6, 6.07) is 7.73. The van der Waals surface area contributed by atoms with Crippen molar-refractivity contribution in [2.24, 2.45) is 0 Å². The van der Waals surface area contributed by atoms with E-state index in [9.17, 15) is 19.2 Å². The molecule has 1 aromatic carbocycles. The van der Waals surface area contributed by atoms with Gasteiger partial charge >= 0.3 is 23.1 Å². The molecule has 0 amide bonds. The van der Waals surface area contributed by atoms with Crippen LogP contribution in [0, 0.1) is 0 Å². The maximum absolute atomic E-state index is 12.6. The minimum absolute atomic E-state index is 0.120. The van der Waals surface area contributed by atoms with Crippen molar-refractivity contribution in [2.75, 3.05) is 14.2 Å². The van der Waals surface area contributed by atoms with Crippen LogP contribution in [0.2, 0.25) is 0 Å². The molecule has 1 aromatic heterocycles. The van der Waals surface area contributed by atoms with E-state index in [2.05, 4.69) is 19.9 Å². The van der Waals surface area contributed by atoms with Gasteiger partial charge in [-0.1, -0.05) is 24.3 Å². The molecule has 0 aliphatic heterocycles. The summed E-state index contributed by atoms with van der Waals surface area (Å²) >= 11 is 0. The molecule has 0 fully saturated rings. The molecule has 0 radical (unpaired) electrons. The molecule has 164 valence electrons. The number of benzene rings is 1. The fraction of sp³-hybridized carbons (Fsp3) is 0.182. The number of aromatic nitrogens is 4. The number of nitrogens with zero attached hydrogens (tertiary/aromatic N) is 2. The van der Waals surface area contributed by atoms with Gasteiger partial charge < -0.3 is 19.4 Å². The topological polar surface area (TPSA) is 144 Å². The van der Waals surface area contributed by atoms with E-state index < -0.39 is 23.1 Å². The van der Waals surface area contributed by atoms with E-state index in [0.29, 0.717) is 18.5 Å². The third kappa shape index (κ3) is 4.86. The van der Waals surface area contributed by atoms with Crippen LogP contribution in [-0.4, -0.2) is 46.1 Å². The van der Waals surface area contributed by atoms with E-state index in [4.69, 9.17) is 9.47 Å². The van der Waals surface area contributed by atoms with E-state index in [1.54, 1.807) is 24.3 Å². The first-order chi connectivity index (χ1) is 15.5. The van der Waals surface area contributed by atoms with Crippen LogP contribution < -0.4 is 11.1 Å². The number of esters is 2. The number of H-pyrrole nitrogens is 2. The van der Waals surface area contributed by atoms with Gasteiger partial charge in [-0.15, -0.1) is 0 Å². The minimum Gasteiger partial charge on any atom is -0.465 e. The lowest BCUT2D eigenvalue weighted by atomic mass is 10.00. The first kappa shape index (κ1) is 22.3. The minimum atomic E-state index is -0.936. The van der Waals surface area contributed by atoms with Crippen molar-refractivity contribution in [3.63, 3.8) is 0 Å². The third-order valence-corrected chi connectivity index (χ3v) is 4.53. The molecule has 32 heavy (non-hydrogen) atoms. The van der Waals surface area contributed by atoms with Gasteiger partial charge in [-0.05, 0) is 25.0 Å². The van der Waals surface area contributed by atoms with Gasteiger partial charge in [0.15, 0.2) is 5.69 Å². The molecule has 1 aliphatic rings. The molecule has 0 atom stereocenters. The Morgan fingerprint density at radius 1 is 1.00 bits per heavy atom. The summed E-state index contributed by atoms with van der Waals surface area (Å²) in [5.41, 5.74) is -1.02. The van der Waals surface area contributed by atoms with Crippen LogP contribution in [0.15, 0.2) is 58.4 Å². The van der Waals surface area contributed by atoms with Crippen LogP contribution >= 0.6 is 0 Å². The first-order valence-corrected chi connectivity index (χ1v) is 9.55. The number of allylic oxidation sites excluding steroid dienone is 1. The molecule has 0 unspecified atom stereocenters. The maximum Gasteiger partial charge on any atom is 0.357 e. The SMILES string of the molecule is COC(=O)C1=CCCc2nc(C(=O)OC)c3ccccc3[nH]c(=O)c(=O)[nH]cccnc21. The van der Waals surface area contributed by atoms with Crippen LogP contribution in [0.5, 0.6) is 0 Å². The molecular formula is C22H20N4O6. The van der Waals surface area contributed by atoms with Crippen LogP contribution in [0.25, 0.3) is 16.5 Å². The summed E-state index contributed by atoms with van der Waals surface area (Å²) < 4.78 is 9.75. The summed E-state index contributed by atoms with van der Waals surface area (Å²) in [7, 11) is 2.45. The second kappa shape index (κ2) is 10.1. The Morgan fingerprint density at radius 2 is 1.75 bits per heavy atom. The second-order valence-electron chi connectivity index (χ2n) is 6.51. The van der Waals surface area contributed by atoms with Crippen LogP contribution in [0.4, 0.5) is 0 Å². The number of rotatable bonds is 2. The number of aromatic amines is 2. The lowest BCUT2D eigenvalue weighted by molar-refractivity contribution is -0.133. The van der Waals surface area contributed by atoms with Crippen LogP contribution in [0.1, 0.15) is 28.3 Å². The van der Waals surface area contributed by atoms with Crippen molar-refractivity contribution in [1.82, 2.24) is 19.9 Å². The van der Waals surface area contributed by atoms with Crippen molar-refractivity contribution < 1.29 is 19.1 Å². The number of fused-ring (bicyclic) bond motifs is 2. The van der Waals surface area contributed by atoms with Crippen molar-refractivity contribution in [3.05, 3.63) is 86.6 Å². The van der Waals surface area contributed by atoms with Crippen molar-refractivity contribution in [1.29, 1.82) is 0 Å². The summed E-state index contributed by atoms with van der Waals surface area (Å²) in [4.78, 5) is 62.8. The molecular weight excluding hydrogens is 416 g/mol. The maximum atomic E-state index is 12.6. The molecule has 0 saturated heterocycles. The third-order valence-electron chi connectivity index (χ3n) is 4.53. The highest BCUT2D eigenvalue weighted by molar-refractivity contribution is 6.16. The van der Waals surface area contributed by atoms with Crippen molar-refractivity contribution >= 4 is 28.4 Å². The highest BCUT2D eigenvalue weighted by Gasteiger charge is 2.22. The van der Waals surface area contributed by atoms with Gasteiger partial charge in [-0.2, -0.15) is 0 Å². The normalized spacial score (nSPS) is 11.9. The number of carbonyl (C=O) groups excluding carboxylic acids is 2. The Morgan fingerprint density at radius 3 is 2.50 bits per heavy atom. The van der Waals surface area contributed by atoms with E-state index in [0.717, 1.165) is 0 Å². The molecule has 0 bridgehead atoms. The Bertz CT molecular complexity index is 1340. The lowest BCUT2D eigenvalue weighted by Crippen LogP contribution is -2.26. The summed E-state index contributed by atoms with van der Waals surface area (Å²) in [5.74, 6) is -1.37. The average molecular weight is 436 g/mol. The smallest absolute Gasteiger partial charge is 0.357 e. The standard InChI is InChI=1S/C22H20N4O6/c1-31-21(29)14-8-5-10-16-17(14)23-11-6-12-24-19(27)20(28)26-15-9-4-3-7-13(15)18(25-16)22(30)32-2/h3-4,6-9,11-12H,5,10H2,1-2H3,(H,24,27)(H,26,28). The van der Waals surface area contributed by atoms with Gasteiger partial charge in [0, 0.05) is 17.8 Å². The molecule has 10 nitrogen and oxygen atoms in total. The van der Waals surface area contributed by atoms with E-state index in [1.807, 2.05) is 0 Å². The highest BCUT2D eigenvalue weighted by Crippen LogP contribution is 2.24. The fourth-order valence-corrected chi connectivity index (χ4v) is 3.04. The number of hydrogen-bond donors (Lipinski definition) is 2. The Labute approximate surface area is 181 Å². The van der Waals surface area contributed by atoms with Gasteiger partial charge in [0.2, 0.25) is 0 Å². The zero-order valence-electron chi connectivity index (χ0n) is 17.4. The average Bonchev–Trinajstić information content (AvgIpc) is 2.81. The van der Waals surface area contributed by atoms with Gasteiger partial charge in [-0.3, -0.25) is 14.6 Å². The Balaban J connectivity index is 2.57. The molecule has 2 N–H and O–H groups in total. The van der Waals surface area contributed by atoms with Gasteiger partial charge in [-0.25, -0.2) is 14.6 Å². The van der Waals surface area contributed by atoms with Gasteiger partial charge in [0.1, 0.15) is 0 Å². The zero-order valence-corrected chi connectivity index (χ0v) is 17.4. The molecule has 0 spiro atoms. The molecule has 1 aliphatic carbocycles. The quantitative estimate of drug-likeness (QED) is 0.533. The number of hydrogen-bond acceptors (Lipinski definition) is 8. The van der Waals surface area contributed by atoms with Gasteiger partial charge in [0.05, 0.1) is 36.7 Å². The molecule has 0 saturated carbocycles. The number of aryl methyl sites for hydroxylation is 1. The zero-order chi connectivity index (χ0) is 23.1. The Hall–Kier alpha value is -4.34. The second-order valence-corrected chi connectivity index (χ2v) is 6.51. The van der Waals surface area contributed by atoms with Crippen molar-refractivity contribution in [2.45, 2.75) is 12.8 Å². The number of ether oxygens (including phenoxy) is 2. The highest BCUT2D eigenvalue weighted by atomic mass is 16.5. The number of para-hydroxylation sites is 1. The summed E-state index contributed by atoms with van der Waals surface area (Å²) in [6.45, 7) is 0. The molecule has 10 heteroatoms. The predicted molar refractivity (Wildman–Crippen MR) is 116 cm³/mol. The van der Waals surface area contributed by atoms with Gasteiger partial charge in [0.25, 0.3) is 0 Å². The van der Waals surface area contributed by atoms with E-state index in [-0.39, 0.29) is 27.9 Å². The molecule has 2 aromatic rings. The summed E-state index contributed by atoms with van der Waals surface area (Å²) in [5, 5.41) is 0.234. The monoisotopic (exact) mass is 436 g/mol. The molecule has 1 heterocycles. The number of nitrogens with one attached hydrogen (secondary N) is 2. The van der Waals surface area contributed by atoms with Crippen LogP contribution in [-0.2, 0) is 20.7 Å². The number of methoxy groups -OCH3 is 2. The van der Waals surface area contributed by atoms with E-state index >= 15 is 0 Å². The van der Waals surface area contributed by atoms with Crippen molar-refractivity contribution in [3.8, 4) is 0 Å². The lowest BCUT2D eigenvalue weighted by Gasteiger charge is -2.13. The van der Waals surface area contributed by atoms with E-state index in [1.165, 1.54) is 38.7 Å². The largest absolute Gasteiger partial charge is 0.465 e. The Kier molecular flexibility index (Phi) is 7.06.